The van der Waals surface area contributed by atoms with Crippen LogP contribution < -0.4 is 0 Å². The highest BCUT2D eigenvalue weighted by atomic mass is 16.6. The summed E-state index contributed by atoms with van der Waals surface area (Å²) in [5, 5.41) is 19.6. The molecule has 0 bridgehead atoms. The molecule has 0 aromatic rings. The second-order valence-corrected chi connectivity index (χ2v) is 8.83. The molecule has 30 heavy (non-hydrogen) atoms. The van der Waals surface area contributed by atoms with Crippen molar-refractivity contribution in [2.75, 3.05) is 0 Å². The van der Waals surface area contributed by atoms with E-state index in [4.69, 9.17) is 9.47 Å². The average molecular weight is 429 g/mol. The van der Waals surface area contributed by atoms with Crippen LogP contribution >= 0.6 is 0 Å². The summed E-state index contributed by atoms with van der Waals surface area (Å²) in [6.45, 7) is 7.88. The van der Waals surface area contributed by atoms with Gasteiger partial charge in [-0.05, 0) is 50.4 Å². The first kappa shape index (κ1) is 26.9. The third-order valence-electron chi connectivity index (χ3n) is 6.27. The Morgan fingerprint density at radius 2 is 1.20 bits per heavy atom. The van der Waals surface area contributed by atoms with Crippen molar-refractivity contribution in [2.24, 2.45) is 11.8 Å². The average Bonchev–Trinajstić information content (AvgIpc) is 2.73. The van der Waals surface area contributed by atoms with E-state index < -0.39 is 12.2 Å². The van der Waals surface area contributed by atoms with Gasteiger partial charge in [-0.25, -0.2) is 0 Å². The summed E-state index contributed by atoms with van der Waals surface area (Å²) in [7, 11) is 0. The largest absolute Gasteiger partial charge is 0.460 e. The number of carbonyl (C=O) groups excluding carboxylic acids is 2. The molecule has 0 saturated heterocycles. The van der Waals surface area contributed by atoms with E-state index in [0.29, 0.717) is 24.7 Å². The van der Waals surface area contributed by atoms with E-state index in [1.54, 1.807) is 13.8 Å². The summed E-state index contributed by atoms with van der Waals surface area (Å²) < 4.78 is 10.4. The van der Waals surface area contributed by atoms with Crippen LogP contribution in [0.5, 0.6) is 0 Å². The van der Waals surface area contributed by atoms with Crippen LogP contribution in [-0.2, 0) is 19.1 Å². The second-order valence-electron chi connectivity index (χ2n) is 8.83. The van der Waals surface area contributed by atoms with Crippen molar-refractivity contribution < 1.29 is 29.3 Å². The van der Waals surface area contributed by atoms with E-state index in [1.165, 1.54) is 12.8 Å². The van der Waals surface area contributed by atoms with E-state index in [-0.39, 0.29) is 24.1 Å². The van der Waals surface area contributed by atoms with Gasteiger partial charge in [-0.15, -0.1) is 0 Å². The molecule has 2 N–H and O–H groups in total. The molecule has 6 heteroatoms. The quantitative estimate of drug-likeness (QED) is 0.551. The third-order valence-corrected chi connectivity index (χ3v) is 6.27. The van der Waals surface area contributed by atoms with E-state index in [0.717, 1.165) is 51.4 Å². The summed E-state index contributed by atoms with van der Waals surface area (Å²) in [4.78, 5) is 22.3. The zero-order valence-corrected chi connectivity index (χ0v) is 19.5. The minimum absolute atomic E-state index is 0.198. The van der Waals surface area contributed by atoms with Gasteiger partial charge in [-0.1, -0.05) is 53.4 Å². The van der Waals surface area contributed by atoms with Crippen molar-refractivity contribution in [1.29, 1.82) is 0 Å². The van der Waals surface area contributed by atoms with Gasteiger partial charge in [0, 0.05) is 12.8 Å². The van der Waals surface area contributed by atoms with Gasteiger partial charge in [0.1, 0.15) is 12.2 Å². The van der Waals surface area contributed by atoms with E-state index in [9.17, 15) is 19.8 Å². The SMILES string of the molecule is CCCC1CCC(O)C(OC(=O)CC)C1.CCCC1CCC(OC(=O)CC)C(O)C1. The lowest BCUT2D eigenvalue weighted by Crippen LogP contribution is -2.37. The minimum Gasteiger partial charge on any atom is -0.460 e. The monoisotopic (exact) mass is 428 g/mol. The number of ether oxygens (including phenoxy) is 2. The number of carbonyl (C=O) groups is 2. The lowest BCUT2D eigenvalue weighted by molar-refractivity contribution is -0.159. The molecular weight excluding hydrogens is 384 g/mol. The van der Waals surface area contributed by atoms with Crippen LogP contribution in [0.2, 0.25) is 0 Å². The molecule has 2 saturated carbocycles. The Labute approximate surface area is 182 Å². The number of esters is 2. The fourth-order valence-corrected chi connectivity index (χ4v) is 4.51. The normalized spacial score (nSPS) is 31.3. The lowest BCUT2D eigenvalue weighted by Gasteiger charge is -2.32. The standard InChI is InChI=1S/2C12H22O3/c1-3-5-9-6-7-11(10(13)8-9)15-12(14)4-2;1-3-5-9-6-7-10(13)11(8-9)15-12(14)4-2/h2*9-11,13H,3-8H2,1-2H3. The Morgan fingerprint density at radius 3 is 1.70 bits per heavy atom. The van der Waals surface area contributed by atoms with Crippen molar-refractivity contribution in [3.05, 3.63) is 0 Å². The number of aliphatic hydroxyl groups excluding tert-OH is 2. The molecule has 0 aliphatic heterocycles. The first-order valence-corrected chi connectivity index (χ1v) is 12.1. The summed E-state index contributed by atoms with van der Waals surface area (Å²) in [5.74, 6) is 0.832. The van der Waals surface area contributed by atoms with Gasteiger partial charge < -0.3 is 19.7 Å². The maximum Gasteiger partial charge on any atom is 0.305 e. The van der Waals surface area contributed by atoms with Gasteiger partial charge in [0.25, 0.3) is 0 Å². The van der Waals surface area contributed by atoms with Crippen LogP contribution in [0.25, 0.3) is 0 Å². The van der Waals surface area contributed by atoms with Crippen molar-refractivity contribution in [1.82, 2.24) is 0 Å². The molecule has 2 rings (SSSR count). The topological polar surface area (TPSA) is 93.1 Å². The van der Waals surface area contributed by atoms with Crippen molar-refractivity contribution >= 4 is 11.9 Å². The number of aliphatic hydroxyl groups is 2. The molecule has 2 fully saturated rings. The molecule has 0 radical (unpaired) electrons. The van der Waals surface area contributed by atoms with E-state index >= 15 is 0 Å². The molecule has 6 nitrogen and oxygen atoms in total. The molecule has 0 aromatic heterocycles. The van der Waals surface area contributed by atoms with Gasteiger partial charge in [-0.2, -0.15) is 0 Å². The molecule has 0 aromatic carbocycles. The molecule has 6 atom stereocenters. The third kappa shape index (κ3) is 9.78. The smallest absolute Gasteiger partial charge is 0.305 e. The predicted molar refractivity (Wildman–Crippen MR) is 117 cm³/mol. The Balaban J connectivity index is 0.000000300. The van der Waals surface area contributed by atoms with Gasteiger partial charge >= 0.3 is 11.9 Å². The molecule has 6 unspecified atom stereocenters. The zero-order valence-electron chi connectivity index (χ0n) is 19.5. The predicted octanol–water partition coefficient (Wildman–Crippen LogP) is 4.54. The highest BCUT2D eigenvalue weighted by Gasteiger charge is 2.32. The van der Waals surface area contributed by atoms with Gasteiger partial charge in [-0.3, -0.25) is 9.59 Å². The number of hydrogen-bond donors (Lipinski definition) is 2. The Bertz CT molecular complexity index is 494. The van der Waals surface area contributed by atoms with Gasteiger partial charge in [0.05, 0.1) is 12.2 Å². The van der Waals surface area contributed by atoms with Crippen LogP contribution in [0.1, 0.15) is 105 Å². The van der Waals surface area contributed by atoms with Crippen LogP contribution in [0.15, 0.2) is 0 Å². The maximum absolute atomic E-state index is 11.2. The Morgan fingerprint density at radius 1 is 0.700 bits per heavy atom. The molecule has 2 aliphatic carbocycles. The molecule has 2 aliphatic rings. The Kier molecular flexibility index (Phi) is 13.3. The number of rotatable bonds is 8. The minimum atomic E-state index is -0.453. The zero-order chi connectivity index (χ0) is 22.5. The fourth-order valence-electron chi connectivity index (χ4n) is 4.51. The second kappa shape index (κ2) is 14.8. The maximum atomic E-state index is 11.2. The van der Waals surface area contributed by atoms with E-state index in [1.807, 2.05) is 0 Å². The van der Waals surface area contributed by atoms with Crippen LogP contribution in [-0.4, -0.2) is 46.6 Å². The molecular formula is C24H44O6. The van der Waals surface area contributed by atoms with Gasteiger partial charge in [0.15, 0.2) is 0 Å². The van der Waals surface area contributed by atoms with E-state index in [2.05, 4.69) is 13.8 Å². The molecule has 176 valence electrons. The summed E-state index contributed by atoms with van der Waals surface area (Å²) in [5.41, 5.74) is 0. The van der Waals surface area contributed by atoms with Crippen molar-refractivity contribution in [3.8, 4) is 0 Å². The molecule has 0 heterocycles. The lowest BCUT2D eigenvalue weighted by atomic mass is 9.83. The highest BCUT2D eigenvalue weighted by Crippen LogP contribution is 2.31. The number of hydrogen-bond acceptors (Lipinski definition) is 6. The molecule has 0 amide bonds. The van der Waals surface area contributed by atoms with Crippen LogP contribution in [0.3, 0.4) is 0 Å². The first-order chi connectivity index (χ1) is 14.3. The Hall–Kier alpha value is -1.14. The van der Waals surface area contributed by atoms with Crippen molar-refractivity contribution in [3.63, 3.8) is 0 Å². The summed E-state index contributed by atoms with van der Waals surface area (Å²) >= 11 is 0. The van der Waals surface area contributed by atoms with Crippen LogP contribution in [0, 0.1) is 11.8 Å². The fraction of sp³-hybridized carbons (Fsp3) is 0.917. The summed E-state index contributed by atoms with van der Waals surface area (Å²) in [6.07, 6.45) is 9.38. The summed E-state index contributed by atoms with van der Waals surface area (Å²) in [6, 6.07) is 0. The van der Waals surface area contributed by atoms with Crippen molar-refractivity contribution in [2.45, 2.75) is 129 Å². The molecule has 0 spiro atoms. The van der Waals surface area contributed by atoms with Crippen LogP contribution in [0.4, 0.5) is 0 Å². The van der Waals surface area contributed by atoms with Gasteiger partial charge in [0.2, 0.25) is 0 Å². The first-order valence-electron chi connectivity index (χ1n) is 12.1. The highest BCUT2D eigenvalue weighted by molar-refractivity contribution is 5.69.